The van der Waals surface area contributed by atoms with Crippen molar-refractivity contribution in [2.45, 2.75) is 44.4 Å². The molecule has 0 bridgehead atoms. The van der Waals surface area contributed by atoms with Crippen molar-refractivity contribution >= 4 is 46.8 Å². The van der Waals surface area contributed by atoms with Crippen LogP contribution >= 0.6 is 23.2 Å². The summed E-state index contributed by atoms with van der Waals surface area (Å²) in [5, 5.41) is 16.9. The predicted octanol–water partition coefficient (Wildman–Crippen LogP) is 3.70. The van der Waals surface area contributed by atoms with E-state index in [1.54, 1.807) is 30.2 Å². The van der Waals surface area contributed by atoms with Gasteiger partial charge in [-0.1, -0.05) is 35.3 Å². The summed E-state index contributed by atoms with van der Waals surface area (Å²) in [5.41, 5.74) is 2.99. The van der Waals surface area contributed by atoms with E-state index in [1.165, 1.54) is 11.1 Å². The molecule has 1 saturated heterocycles. The molecule has 0 radical (unpaired) electrons. The number of aliphatic hydroxyl groups excluding tert-OH is 1. The number of hydrogen-bond donors (Lipinski definition) is 3. The van der Waals surface area contributed by atoms with E-state index in [4.69, 9.17) is 27.9 Å². The Morgan fingerprint density at radius 1 is 1.17 bits per heavy atom. The Balaban J connectivity index is 1.31. The molecule has 4 heterocycles. The summed E-state index contributed by atoms with van der Waals surface area (Å²) in [4.78, 5) is 43.3. The minimum absolute atomic E-state index is 0.214. The minimum atomic E-state index is -0.811. The number of anilines is 2. The molecule has 0 aliphatic carbocycles. The Hall–Kier alpha value is -3.51. The first-order valence-electron chi connectivity index (χ1n) is 13.7. The molecule has 3 N–H and O–H groups in total. The highest BCUT2D eigenvalue weighted by Gasteiger charge is 2.35. The standard InChI is InChI=1S/C29H33Cl2N7O4/c1-16(27(40)35-24(15-39)21-11-25(37(2)3)32-12-22(21)30)38-14-18-5-4-17(10-20(18)28(38)41)26-23(31)13-33-29(36-26)34-19-6-8-42-9-7-19/h4-5,10-13,16,19,24,39H,6-9,14-15H2,1-3H3,(H,35,40)(H,33,34,36)/t16?,24-/m1/s1. The van der Waals surface area contributed by atoms with Gasteiger partial charge in [0.2, 0.25) is 11.9 Å². The highest BCUT2D eigenvalue weighted by molar-refractivity contribution is 6.33. The lowest BCUT2D eigenvalue weighted by Crippen LogP contribution is -2.46. The molecule has 2 aromatic heterocycles. The summed E-state index contributed by atoms with van der Waals surface area (Å²) < 4.78 is 5.42. The van der Waals surface area contributed by atoms with Gasteiger partial charge in [0.25, 0.3) is 5.91 Å². The van der Waals surface area contributed by atoms with Crippen molar-refractivity contribution in [1.29, 1.82) is 0 Å². The molecule has 1 unspecified atom stereocenters. The maximum absolute atomic E-state index is 13.5. The second-order valence-electron chi connectivity index (χ2n) is 10.6. The first-order valence-corrected chi connectivity index (χ1v) is 14.5. The quantitative estimate of drug-likeness (QED) is 0.330. The number of aromatic nitrogens is 3. The van der Waals surface area contributed by atoms with Gasteiger partial charge in [-0.2, -0.15) is 0 Å². The van der Waals surface area contributed by atoms with Gasteiger partial charge in [-0.05, 0) is 37.5 Å². The van der Waals surface area contributed by atoms with Gasteiger partial charge in [0, 0.05) is 62.8 Å². The van der Waals surface area contributed by atoms with Gasteiger partial charge in [-0.25, -0.2) is 15.0 Å². The van der Waals surface area contributed by atoms with E-state index in [1.807, 2.05) is 26.2 Å². The molecule has 42 heavy (non-hydrogen) atoms. The number of carbonyl (C=O) groups excluding carboxylic acids is 2. The number of hydrogen-bond acceptors (Lipinski definition) is 9. The van der Waals surface area contributed by atoms with Crippen molar-refractivity contribution in [2.75, 3.05) is 44.1 Å². The molecule has 3 aromatic rings. The zero-order valence-electron chi connectivity index (χ0n) is 23.6. The molecule has 1 aromatic carbocycles. The molecule has 2 amide bonds. The number of fused-ring (bicyclic) bond motifs is 1. The van der Waals surface area contributed by atoms with Crippen molar-refractivity contribution in [3.63, 3.8) is 0 Å². The molecule has 222 valence electrons. The minimum Gasteiger partial charge on any atom is -0.394 e. The summed E-state index contributed by atoms with van der Waals surface area (Å²) in [5.74, 6) is 0.395. The molecule has 2 aliphatic heterocycles. The van der Waals surface area contributed by atoms with E-state index in [0.717, 1.165) is 18.4 Å². The van der Waals surface area contributed by atoms with Crippen molar-refractivity contribution < 1.29 is 19.4 Å². The fourth-order valence-electron chi connectivity index (χ4n) is 5.06. The summed E-state index contributed by atoms with van der Waals surface area (Å²) in [6.45, 7) is 2.92. The fourth-order valence-corrected chi connectivity index (χ4v) is 5.49. The van der Waals surface area contributed by atoms with Gasteiger partial charge in [-0.3, -0.25) is 9.59 Å². The normalized spacial score (nSPS) is 16.6. The molecule has 5 rings (SSSR count). The average molecular weight is 615 g/mol. The summed E-state index contributed by atoms with van der Waals surface area (Å²) in [6, 6.07) is 5.82. The first-order chi connectivity index (χ1) is 20.2. The number of halogens is 2. The zero-order chi connectivity index (χ0) is 30.0. The third kappa shape index (κ3) is 6.29. The van der Waals surface area contributed by atoms with Crippen LogP contribution in [-0.2, 0) is 16.1 Å². The lowest BCUT2D eigenvalue weighted by molar-refractivity contribution is -0.126. The third-order valence-corrected chi connectivity index (χ3v) is 8.16. The number of rotatable bonds is 9. The van der Waals surface area contributed by atoms with Gasteiger partial charge < -0.3 is 30.3 Å². The van der Waals surface area contributed by atoms with Crippen LogP contribution < -0.4 is 15.5 Å². The maximum Gasteiger partial charge on any atom is 0.255 e. The Kier molecular flexibility index (Phi) is 9.12. The van der Waals surface area contributed by atoms with E-state index in [0.29, 0.717) is 57.4 Å². The molecule has 2 atom stereocenters. The van der Waals surface area contributed by atoms with Gasteiger partial charge in [0.15, 0.2) is 0 Å². The zero-order valence-corrected chi connectivity index (χ0v) is 25.1. The number of nitrogens with one attached hydrogen (secondary N) is 2. The molecule has 0 spiro atoms. The van der Waals surface area contributed by atoms with Gasteiger partial charge in [-0.15, -0.1) is 0 Å². The summed E-state index contributed by atoms with van der Waals surface area (Å²) in [6.07, 6.45) is 4.76. The lowest BCUT2D eigenvalue weighted by Gasteiger charge is -2.26. The van der Waals surface area contributed by atoms with Crippen LogP contribution in [0.15, 0.2) is 36.7 Å². The van der Waals surface area contributed by atoms with Crippen LogP contribution in [-0.4, -0.2) is 82.8 Å². The predicted molar refractivity (Wildman–Crippen MR) is 161 cm³/mol. The average Bonchev–Trinajstić information content (AvgIpc) is 3.32. The monoisotopic (exact) mass is 613 g/mol. The Morgan fingerprint density at radius 2 is 1.90 bits per heavy atom. The van der Waals surface area contributed by atoms with E-state index in [-0.39, 0.29) is 25.1 Å². The van der Waals surface area contributed by atoms with Crippen molar-refractivity contribution in [1.82, 2.24) is 25.2 Å². The van der Waals surface area contributed by atoms with E-state index in [9.17, 15) is 14.7 Å². The first kappa shape index (κ1) is 30.0. The lowest BCUT2D eigenvalue weighted by atomic mass is 10.0. The number of ether oxygens (including phenoxy) is 1. The number of nitrogens with zero attached hydrogens (tertiary/aromatic N) is 5. The molecular formula is C29H33Cl2N7O4. The van der Waals surface area contributed by atoms with Crippen LogP contribution in [0.3, 0.4) is 0 Å². The smallest absolute Gasteiger partial charge is 0.255 e. The number of carbonyl (C=O) groups is 2. The van der Waals surface area contributed by atoms with Crippen LogP contribution in [0.1, 0.15) is 47.3 Å². The topological polar surface area (TPSA) is 133 Å². The number of amides is 2. The molecule has 1 fully saturated rings. The van der Waals surface area contributed by atoms with Crippen molar-refractivity contribution in [2.24, 2.45) is 0 Å². The molecule has 2 aliphatic rings. The molecule has 11 nitrogen and oxygen atoms in total. The second-order valence-corrected chi connectivity index (χ2v) is 11.4. The Labute approximate surface area is 254 Å². The molecule has 0 saturated carbocycles. The van der Waals surface area contributed by atoms with Crippen LogP contribution in [0.25, 0.3) is 11.3 Å². The van der Waals surface area contributed by atoms with Gasteiger partial charge >= 0.3 is 0 Å². The highest BCUT2D eigenvalue weighted by atomic mass is 35.5. The van der Waals surface area contributed by atoms with E-state index in [2.05, 4.69) is 25.6 Å². The SMILES string of the molecule is CC(C(=O)N[C@H](CO)c1cc(N(C)C)ncc1Cl)N1Cc2ccc(-c3nc(NC4CCOCC4)ncc3Cl)cc2C1=O. The third-order valence-electron chi connectivity index (χ3n) is 7.56. The van der Waals surface area contributed by atoms with Crippen LogP contribution in [0.5, 0.6) is 0 Å². The van der Waals surface area contributed by atoms with Crippen LogP contribution in [0.4, 0.5) is 11.8 Å². The number of pyridine rings is 1. The van der Waals surface area contributed by atoms with Crippen LogP contribution in [0, 0.1) is 0 Å². The maximum atomic E-state index is 13.5. The number of aliphatic hydroxyl groups is 1. The molecular weight excluding hydrogens is 581 g/mol. The Bertz CT molecular complexity index is 1480. The fraction of sp³-hybridized carbons (Fsp3) is 0.414. The van der Waals surface area contributed by atoms with Gasteiger partial charge in [0.1, 0.15) is 11.9 Å². The highest BCUT2D eigenvalue weighted by Crippen LogP contribution is 2.33. The molecule has 13 heteroatoms. The van der Waals surface area contributed by atoms with Crippen LogP contribution in [0.2, 0.25) is 10.0 Å². The Morgan fingerprint density at radius 3 is 2.62 bits per heavy atom. The van der Waals surface area contributed by atoms with Crippen molar-refractivity contribution in [3.8, 4) is 11.3 Å². The summed E-state index contributed by atoms with van der Waals surface area (Å²) in [7, 11) is 3.66. The number of benzene rings is 1. The van der Waals surface area contributed by atoms with E-state index >= 15 is 0 Å². The largest absolute Gasteiger partial charge is 0.394 e. The van der Waals surface area contributed by atoms with E-state index < -0.39 is 18.0 Å². The van der Waals surface area contributed by atoms with Gasteiger partial charge in [0.05, 0.1) is 34.6 Å². The second kappa shape index (κ2) is 12.8. The van der Waals surface area contributed by atoms with Crippen molar-refractivity contribution in [3.05, 3.63) is 63.4 Å². The summed E-state index contributed by atoms with van der Waals surface area (Å²) >= 11 is 12.8.